The van der Waals surface area contributed by atoms with E-state index in [-0.39, 0.29) is 0 Å². The Kier molecular flexibility index (Phi) is 4.46. The van der Waals surface area contributed by atoms with Gasteiger partial charge >= 0.3 is 0 Å². The molecule has 0 N–H and O–H groups in total. The number of benzene rings is 2. The van der Waals surface area contributed by atoms with Crippen LogP contribution in [0.15, 0.2) is 53.0 Å². The van der Waals surface area contributed by atoms with E-state index >= 15 is 0 Å². The van der Waals surface area contributed by atoms with Gasteiger partial charge in [0.1, 0.15) is 18.2 Å². The molecule has 0 bridgehead atoms. The molecule has 3 nitrogen and oxygen atoms in total. The van der Waals surface area contributed by atoms with Crippen LogP contribution in [-0.2, 0) is 12.4 Å². The minimum Gasteiger partial charge on any atom is -0.492 e. The first kappa shape index (κ1) is 14.4. The van der Waals surface area contributed by atoms with Crippen molar-refractivity contribution in [2.24, 2.45) is 0 Å². The predicted molar refractivity (Wildman–Crippen MR) is 88.9 cm³/mol. The van der Waals surface area contributed by atoms with E-state index in [4.69, 9.17) is 16.3 Å². The van der Waals surface area contributed by atoms with Crippen molar-refractivity contribution in [3.8, 4) is 5.75 Å². The van der Waals surface area contributed by atoms with Gasteiger partial charge in [-0.2, -0.15) is 0 Å². The second-order valence-corrected chi connectivity index (χ2v) is 5.79. The molecule has 0 fully saturated rings. The molecular formula is C16H14BrClN2O. The molecule has 0 saturated carbocycles. The maximum atomic E-state index is 6.00. The lowest BCUT2D eigenvalue weighted by Crippen LogP contribution is -2.10. The zero-order chi connectivity index (χ0) is 14.7. The van der Waals surface area contributed by atoms with Gasteiger partial charge in [0, 0.05) is 4.47 Å². The highest BCUT2D eigenvalue weighted by Gasteiger charge is 2.10. The summed E-state index contributed by atoms with van der Waals surface area (Å²) in [6.45, 7) is 1.30. The number of fused-ring (bicyclic) bond motifs is 1. The summed E-state index contributed by atoms with van der Waals surface area (Å²) in [5.74, 6) is 2.12. The fourth-order valence-electron chi connectivity index (χ4n) is 2.28. The highest BCUT2D eigenvalue weighted by molar-refractivity contribution is 9.10. The fourth-order valence-corrected chi connectivity index (χ4v) is 2.83. The number of imidazole rings is 1. The number of alkyl halides is 1. The molecule has 3 rings (SSSR count). The molecule has 0 aliphatic carbocycles. The smallest absolute Gasteiger partial charge is 0.124 e. The molecule has 1 aromatic heterocycles. The van der Waals surface area contributed by atoms with Crippen molar-refractivity contribution < 1.29 is 4.74 Å². The van der Waals surface area contributed by atoms with E-state index in [0.29, 0.717) is 12.5 Å². The molecule has 0 aliphatic rings. The monoisotopic (exact) mass is 364 g/mol. The summed E-state index contributed by atoms with van der Waals surface area (Å²) in [5, 5.41) is 0. The summed E-state index contributed by atoms with van der Waals surface area (Å²) < 4.78 is 8.87. The third kappa shape index (κ3) is 3.22. The summed E-state index contributed by atoms with van der Waals surface area (Å²) in [4.78, 5) is 4.56. The lowest BCUT2D eigenvalue weighted by molar-refractivity contribution is 0.299. The first-order chi connectivity index (χ1) is 10.3. The first-order valence-corrected chi connectivity index (χ1v) is 7.99. The van der Waals surface area contributed by atoms with E-state index in [1.54, 1.807) is 0 Å². The summed E-state index contributed by atoms with van der Waals surface area (Å²) in [6, 6.07) is 15.9. The first-order valence-electron chi connectivity index (χ1n) is 6.66. The summed E-state index contributed by atoms with van der Waals surface area (Å²) >= 11 is 9.47. The van der Waals surface area contributed by atoms with Crippen LogP contribution in [-0.4, -0.2) is 16.2 Å². The van der Waals surface area contributed by atoms with Crippen LogP contribution in [0.4, 0.5) is 0 Å². The Morgan fingerprint density at radius 2 is 1.95 bits per heavy atom. The van der Waals surface area contributed by atoms with Crippen molar-refractivity contribution >= 4 is 38.6 Å². The number of hydrogen-bond acceptors (Lipinski definition) is 2. The van der Waals surface area contributed by atoms with Crippen LogP contribution >= 0.6 is 27.5 Å². The molecule has 0 radical (unpaired) electrons. The third-order valence-corrected chi connectivity index (χ3v) is 3.97. The number of aromatic nitrogens is 2. The maximum absolute atomic E-state index is 6.00. The highest BCUT2D eigenvalue weighted by Crippen LogP contribution is 2.22. The normalized spacial score (nSPS) is 11.0. The number of nitrogens with zero attached hydrogens (tertiary/aromatic N) is 2. The van der Waals surface area contributed by atoms with Crippen LogP contribution in [0.3, 0.4) is 0 Å². The van der Waals surface area contributed by atoms with Crippen LogP contribution in [0, 0.1) is 0 Å². The number of para-hydroxylation sites is 1. The highest BCUT2D eigenvalue weighted by atomic mass is 79.9. The molecule has 3 aromatic rings. The Balaban J connectivity index is 1.79. The molecule has 0 saturated heterocycles. The minimum atomic E-state index is 0.387. The third-order valence-electron chi connectivity index (χ3n) is 3.24. The largest absolute Gasteiger partial charge is 0.492 e. The Hall–Kier alpha value is -1.52. The minimum absolute atomic E-state index is 0.387. The molecule has 0 unspecified atom stereocenters. The van der Waals surface area contributed by atoms with Gasteiger partial charge < -0.3 is 9.30 Å². The van der Waals surface area contributed by atoms with Gasteiger partial charge in [-0.3, -0.25) is 0 Å². The zero-order valence-corrected chi connectivity index (χ0v) is 13.6. The molecule has 0 atom stereocenters. The number of rotatable bonds is 5. The van der Waals surface area contributed by atoms with Crippen LogP contribution in [0.1, 0.15) is 5.82 Å². The van der Waals surface area contributed by atoms with Gasteiger partial charge in [-0.05, 0) is 30.3 Å². The quantitative estimate of drug-likeness (QED) is 0.617. The van der Waals surface area contributed by atoms with Gasteiger partial charge in [-0.25, -0.2) is 4.98 Å². The summed E-state index contributed by atoms with van der Waals surface area (Å²) in [5.41, 5.74) is 2.02. The van der Waals surface area contributed by atoms with E-state index in [1.807, 2.05) is 48.5 Å². The second-order valence-electron chi connectivity index (χ2n) is 4.61. The van der Waals surface area contributed by atoms with Gasteiger partial charge in [-0.15, -0.1) is 11.6 Å². The lowest BCUT2D eigenvalue weighted by Gasteiger charge is -2.09. The Morgan fingerprint density at radius 3 is 2.71 bits per heavy atom. The molecule has 1 heterocycles. The van der Waals surface area contributed by atoms with E-state index in [2.05, 4.69) is 25.5 Å². The van der Waals surface area contributed by atoms with Crippen molar-refractivity contribution in [3.63, 3.8) is 0 Å². The second kappa shape index (κ2) is 6.50. The molecular weight excluding hydrogens is 352 g/mol. The molecule has 0 spiro atoms. The molecule has 5 heteroatoms. The Morgan fingerprint density at radius 1 is 1.14 bits per heavy atom. The zero-order valence-electron chi connectivity index (χ0n) is 11.3. The average Bonchev–Trinajstić information content (AvgIpc) is 2.85. The predicted octanol–water partition coefficient (Wildman–Crippen LogP) is 4.62. The van der Waals surface area contributed by atoms with Crippen LogP contribution in [0.5, 0.6) is 5.75 Å². The van der Waals surface area contributed by atoms with Crippen molar-refractivity contribution in [1.29, 1.82) is 0 Å². The van der Waals surface area contributed by atoms with E-state index in [9.17, 15) is 0 Å². The molecule has 21 heavy (non-hydrogen) atoms. The van der Waals surface area contributed by atoms with Gasteiger partial charge in [0.05, 0.1) is 23.5 Å². The number of hydrogen-bond donors (Lipinski definition) is 0. The van der Waals surface area contributed by atoms with E-state index < -0.39 is 0 Å². The van der Waals surface area contributed by atoms with Gasteiger partial charge in [0.15, 0.2) is 0 Å². The topological polar surface area (TPSA) is 27.1 Å². The number of ether oxygens (including phenoxy) is 1. The molecule has 0 amide bonds. The Labute approximate surface area is 136 Å². The van der Waals surface area contributed by atoms with Crippen molar-refractivity contribution in [2.75, 3.05) is 6.61 Å². The summed E-state index contributed by atoms with van der Waals surface area (Å²) in [6.07, 6.45) is 0. The average molecular weight is 366 g/mol. The maximum Gasteiger partial charge on any atom is 0.124 e. The van der Waals surface area contributed by atoms with Gasteiger partial charge in [0.2, 0.25) is 0 Å². The van der Waals surface area contributed by atoms with Gasteiger partial charge in [0.25, 0.3) is 0 Å². The lowest BCUT2D eigenvalue weighted by atomic mass is 10.3. The SMILES string of the molecule is ClCc1nc2cc(Br)ccc2n1CCOc1ccccc1. The molecule has 0 aliphatic heterocycles. The molecule has 108 valence electrons. The fraction of sp³-hybridized carbons (Fsp3) is 0.188. The van der Waals surface area contributed by atoms with Crippen molar-refractivity contribution in [3.05, 3.63) is 58.8 Å². The van der Waals surface area contributed by atoms with E-state index in [0.717, 1.165) is 33.6 Å². The van der Waals surface area contributed by atoms with Crippen molar-refractivity contribution in [2.45, 2.75) is 12.4 Å². The molecule has 2 aromatic carbocycles. The van der Waals surface area contributed by atoms with Crippen LogP contribution in [0.2, 0.25) is 0 Å². The van der Waals surface area contributed by atoms with Crippen LogP contribution < -0.4 is 4.74 Å². The van der Waals surface area contributed by atoms with Crippen molar-refractivity contribution in [1.82, 2.24) is 9.55 Å². The van der Waals surface area contributed by atoms with Gasteiger partial charge in [-0.1, -0.05) is 34.1 Å². The van der Waals surface area contributed by atoms with Crippen LogP contribution in [0.25, 0.3) is 11.0 Å². The number of halogens is 2. The standard InChI is InChI=1S/C16H14BrClN2O/c17-12-6-7-15-14(10-12)19-16(11-18)20(15)8-9-21-13-4-2-1-3-5-13/h1-7,10H,8-9,11H2. The Bertz CT molecular complexity index is 743. The van der Waals surface area contributed by atoms with E-state index in [1.165, 1.54) is 0 Å². The summed E-state index contributed by atoms with van der Waals surface area (Å²) in [7, 11) is 0.